The third-order valence-corrected chi connectivity index (χ3v) is 3.19. The number of aryl methyl sites for hydroxylation is 2. The molecule has 0 unspecified atom stereocenters. The van der Waals surface area contributed by atoms with Crippen LogP contribution in [0.25, 0.3) is 0 Å². The summed E-state index contributed by atoms with van der Waals surface area (Å²) in [5.74, 6) is 0.694. The average Bonchev–Trinajstić information content (AvgIpc) is 2.33. The van der Waals surface area contributed by atoms with E-state index in [1.165, 1.54) is 17.2 Å². The van der Waals surface area contributed by atoms with Gasteiger partial charge in [0.25, 0.3) is 5.56 Å². The van der Waals surface area contributed by atoms with Gasteiger partial charge in [-0.2, -0.15) is 0 Å². The van der Waals surface area contributed by atoms with Crippen molar-refractivity contribution in [3.05, 3.63) is 62.8 Å². The molecule has 100 valence electrons. The molecular weight excluding hydrogens is 238 g/mol. The van der Waals surface area contributed by atoms with Gasteiger partial charge >= 0.3 is 0 Å². The van der Waals surface area contributed by atoms with E-state index in [1.807, 2.05) is 0 Å². The molecule has 2 rings (SSSR count). The zero-order chi connectivity index (χ0) is 13.8. The Kier molecular flexibility index (Phi) is 4.12. The van der Waals surface area contributed by atoms with Gasteiger partial charge in [0.15, 0.2) is 0 Å². The lowest BCUT2D eigenvalue weighted by Crippen LogP contribution is -2.15. The zero-order valence-corrected chi connectivity index (χ0v) is 11.4. The summed E-state index contributed by atoms with van der Waals surface area (Å²) in [6.45, 7) is 4.67. The Balaban J connectivity index is 2.27. The highest BCUT2D eigenvalue weighted by Gasteiger charge is 2.03. The van der Waals surface area contributed by atoms with Crippen LogP contribution in [-0.2, 0) is 12.8 Å². The van der Waals surface area contributed by atoms with Gasteiger partial charge in [0.05, 0.1) is 0 Å². The number of rotatable bonds is 4. The van der Waals surface area contributed by atoms with Gasteiger partial charge in [-0.05, 0) is 37.1 Å². The average molecular weight is 257 g/mol. The van der Waals surface area contributed by atoms with Crippen LogP contribution in [0.4, 0.5) is 0 Å². The Morgan fingerprint density at radius 3 is 2.68 bits per heavy atom. The van der Waals surface area contributed by atoms with E-state index >= 15 is 0 Å². The van der Waals surface area contributed by atoms with Gasteiger partial charge in [0.1, 0.15) is 5.82 Å². The quantitative estimate of drug-likeness (QED) is 0.871. The Hall–Kier alpha value is -1.94. The maximum atomic E-state index is 11.6. The van der Waals surface area contributed by atoms with Crippen molar-refractivity contribution in [2.75, 3.05) is 6.54 Å². The Bertz CT molecular complexity index is 632. The van der Waals surface area contributed by atoms with Crippen LogP contribution in [0.5, 0.6) is 0 Å². The minimum absolute atomic E-state index is 0.114. The minimum atomic E-state index is -0.114. The lowest BCUT2D eigenvalue weighted by atomic mass is 10.0. The lowest BCUT2D eigenvalue weighted by Gasteiger charge is -2.06. The van der Waals surface area contributed by atoms with Gasteiger partial charge in [-0.15, -0.1) is 0 Å². The van der Waals surface area contributed by atoms with Crippen LogP contribution < -0.4 is 11.3 Å². The van der Waals surface area contributed by atoms with Gasteiger partial charge in [0, 0.05) is 24.6 Å². The van der Waals surface area contributed by atoms with E-state index < -0.39 is 0 Å². The van der Waals surface area contributed by atoms with Gasteiger partial charge < -0.3 is 10.7 Å². The third kappa shape index (κ3) is 3.51. The predicted molar refractivity (Wildman–Crippen MR) is 76.3 cm³/mol. The third-order valence-electron chi connectivity index (χ3n) is 3.19. The lowest BCUT2D eigenvalue weighted by molar-refractivity contribution is 0.854. The van der Waals surface area contributed by atoms with Crippen LogP contribution >= 0.6 is 0 Å². The summed E-state index contributed by atoms with van der Waals surface area (Å²) in [6.07, 6.45) is 1.26. The number of nitrogens with one attached hydrogen (secondary N) is 1. The topological polar surface area (TPSA) is 71.8 Å². The van der Waals surface area contributed by atoms with E-state index in [1.54, 1.807) is 0 Å². The summed E-state index contributed by atoms with van der Waals surface area (Å²) in [6, 6.07) is 7.80. The molecule has 0 radical (unpaired) electrons. The van der Waals surface area contributed by atoms with E-state index in [9.17, 15) is 4.79 Å². The SMILES string of the molecule is Cc1ccc(Cc2nc(CCN)cc(=O)[nH]2)cc1C. The number of aromatic nitrogens is 2. The standard InChI is InChI=1S/C15H19N3O/c1-10-3-4-12(7-11(10)2)8-14-17-13(5-6-16)9-15(19)18-14/h3-4,7,9H,5-6,8,16H2,1-2H3,(H,17,18,19). The largest absolute Gasteiger partial charge is 0.330 e. The molecule has 0 aliphatic heterocycles. The van der Waals surface area contributed by atoms with E-state index in [0.717, 1.165) is 11.3 Å². The van der Waals surface area contributed by atoms with Gasteiger partial charge in [-0.3, -0.25) is 4.79 Å². The fraction of sp³-hybridized carbons (Fsp3) is 0.333. The Morgan fingerprint density at radius 2 is 2.00 bits per heavy atom. The van der Waals surface area contributed by atoms with Gasteiger partial charge in [-0.25, -0.2) is 4.98 Å². The van der Waals surface area contributed by atoms with Crippen molar-refractivity contribution in [2.45, 2.75) is 26.7 Å². The fourth-order valence-corrected chi connectivity index (χ4v) is 2.03. The number of hydrogen-bond donors (Lipinski definition) is 2. The molecule has 1 aromatic carbocycles. The van der Waals surface area contributed by atoms with Crippen molar-refractivity contribution in [3.8, 4) is 0 Å². The molecule has 4 heteroatoms. The number of nitrogens with zero attached hydrogens (tertiary/aromatic N) is 1. The molecule has 2 aromatic rings. The predicted octanol–water partition coefficient (Wildman–Crippen LogP) is 1.48. The zero-order valence-electron chi connectivity index (χ0n) is 11.4. The monoisotopic (exact) mass is 257 g/mol. The van der Waals surface area contributed by atoms with E-state index in [4.69, 9.17) is 5.73 Å². The molecule has 0 amide bonds. The Labute approximate surface area is 112 Å². The van der Waals surface area contributed by atoms with Crippen molar-refractivity contribution < 1.29 is 0 Å². The number of nitrogens with two attached hydrogens (primary N) is 1. The van der Waals surface area contributed by atoms with Crippen molar-refractivity contribution in [1.29, 1.82) is 0 Å². The fourth-order valence-electron chi connectivity index (χ4n) is 2.03. The van der Waals surface area contributed by atoms with Crippen LogP contribution in [0.2, 0.25) is 0 Å². The van der Waals surface area contributed by atoms with Gasteiger partial charge in [-0.1, -0.05) is 18.2 Å². The highest BCUT2D eigenvalue weighted by Crippen LogP contribution is 2.12. The second-order valence-electron chi connectivity index (χ2n) is 4.82. The second kappa shape index (κ2) is 5.80. The smallest absolute Gasteiger partial charge is 0.251 e. The molecule has 0 fully saturated rings. The molecule has 0 saturated heterocycles. The summed E-state index contributed by atoms with van der Waals surface area (Å²) in [7, 11) is 0. The maximum Gasteiger partial charge on any atom is 0.251 e. The molecule has 4 nitrogen and oxygen atoms in total. The van der Waals surface area contributed by atoms with Crippen LogP contribution in [0.3, 0.4) is 0 Å². The first-order valence-corrected chi connectivity index (χ1v) is 6.44. The summed E-state index contributed by atoms with van der Waals surface area (Å²) >= 11 is 0. The molecule has 0 aliphatic rings. The highest BCUT2D eigenvalue weighted by atomic mass is 16.1. The molecule has 0 saturated carbocycles. The molecule has 0 bridgehead atoms. The molecule has 0 spiro atoms. The number of hydrogen-bond acceptors (Lipinski definition) is 3. The normalized spacial score (nSPS) is 10.7. The first kappa shape index (κ1) is 13.5. The van der Waals surface area contributed by atoms with Crippen LogP contribution in [-0.4, -0.2) is 16.5 Å². The van der Waals surface area contributed by atoms with E-state index in [-0.39, 0.29) is 5.56 Å². The second-order valence-corrected chi connectivity index (χ2v) is 4.82. The number of benzene rings is 1. The molecular formula is C15H19N3O. The molecule has 0 aliphatic carbocycles. The van der Waals surface area contributed by atoms with Crippen molar-refractivity contribution >= 4 is 0 Å². The summed E-state index contributed by atoms with van der Waals surface area (Å²) in [5, 5.41) is 0. The van der Waals surface area contributed by atoms with Crippen LogP contribution in [0.1, 0.15) is 28.2 Å². The van der Waals surface area contributed by atoms with Crippen molar-refractivity contribution in [2.24, 2.45) is 5.73 Å². The Morgan fingerprint density at radius 1 is 1.21 bits per heavy atom. The highest BCUT2D eigenvalue weighted by molar-refractivity contribution is 5.31. The van der Waals surface area contributed by atoms with Crippen LogP contribution in [0.15, 0.2) is 29.1 Å². The van der Waals surface area contributed by atoms with Gasteiger partial charge in [0.2, 0.25) is 0 Å². The van der Waals surface area contributed by atoms with Crippen molar-refractivity contribution in [3.63, 3.8) is 0 Å². The number of H-pyrrole nitrogens is 1. The minimum Gasteiger partial charge on any atom is -0.330 e. The molecule has 19 heavy (non-hydrogen) atoms. The van der Waals surface area contributed by atoms with Crippen LogP contribution in [0, 0.1) is 13.8 Å². The van der Waals surface area contributed by atoms with Crippen molar-refractivity contribution in [1.82, 2.24) is 9.97 Å². The first-order chi connectivity index (χ1) is 9.08. The first-order valence-electron chi connectivity index (χ1n) is 6.44. The summed E-state index contributed by atoms with van der Waals surface area (Å²) in [5.41, 5.74) is 9.80. The summed E-state index contributed by atoms with van der Waals surface area (Å²) in [4.78, 5) is 18.8. The number of aromatic amines is 1. The molecule has 1 heterocycles. The molecule has 1 aromatic heterocycles. The maximum absolute atomic E-state index is 11.6. The molecule has 0 atom stereocenters. The molecule has 3 N–H and O–H groups in total. The van der Waals surface area contributed by atoms with E-state index in [0.29, 0.717) is 25.2 Å². The summed E-state index contributed by atoms with van der Waals surface area (Å²) < 4.78 is 0. The van der Waals surface area contributed by atoms with E-state index in [2.05, 4.69) is 42.0 Å².